The second kappa shape index (κ2) is 8.68. The molecule has 8 heteroatoms. The average molecular weight is 507 g/mol. The minimum Gasteiger partial charge on any atom is -0.288 e. The number of nitrogens with zero attached hydrogens (tertiary/aromatic N) is 2. The molecule has 4 rings (SSSR count). The topological polar surface area (TPSA) is 40.6 Å². The number of hydrogen-bond acceptors (Lipinski definition) is 3. The van der Waals surface area contributed by atoms with Gasteiger partial charge in [0.25, 0.3) is 0 Å². The molecule has 0 aliphatic carbocycles. The van der Waals surface area contributed by atoms with Crippen molar-refractivity contribution in [1.82, 2.24) is 4.90 Å². The van der Waals surface area contributed by atoms with E-state index in [2.05, 4.69) is 20.8 Å². The molecule has 31 heavy (non-hydrogen) atoms. The van der Waals surface area contributed by atoms with Gasteiger partial charge in [0.05, 0.1) is 24.0 Å². The van der Waals surface area contributed by atoms with E-state index in [1.54, 1.807) is 0 Å². The van der Waals surface area contributed by atoms with Crippen LogP contribution in [0.15, 0.2) is 77.3 Å². The summed E-state index contributed by atoms with van der Waals surface area (Å²) in [6, 6.07) is 20.3. The second-order valence-corrected chi connectivity index (χ2v) is 10.4. The summed E-state index contributed by atoms with van der Waals surface area (Å²) in [4.78, 5) is 2.16. The first-order valence-electron chi connectivity index (χ1n) is 9.72. The Balaban J connectivity index is 1.64. The predicted octanol–water partition coefficient (Wildman–Crippen LogP) is 4.97. The van der Waals surface area contributed by atoms with Crippen molar-refractivity contribution in [3.63, 3.8) is 0 Å². The van der Waals surface area contributed by atoms with Gasteiger partial charge in [-0.15, -0.1) is 0 Å². The van der Waals surface area contributed by atoms with Crippen LogP contribution in [0, 0.1) is 11.6 Å². The summed E-state index contributed by atoms with van der Waals surface area (Å²) in [6.07, 6.45) is 1.06. The SMILES string of the molecule is CS(=O)(=O)N(c1cc(F)cc(F)c1)C1CN(C(c2ccccc2)c2ccc(Br)cc2)C1. The zero-order chi connectivity index (χ0) is 22.2. The lowest BCUT2D eigenvalue weighted by atomic mass is 9.93. The molecule has 0 aromatic heterocycles. The molecule has 1 unspecified atom stereocenters. The van der Waals surface area contributed by atoms with Gasteiger partial charge < -0.3 is 0 Å². The number of likely N-dealkylation sites (tertiary alicyclic amines) is 1. The van der Waals surface area contributed by atoms with Crippen molar-refractivity contribution in [2.24, 2.45) is 0 Å². The lowest BCUT2D eigenvalue weighted by Gasteiger charge is -2.48. The van der Waals surface area contributed by atoms with Crippen molar-refractivity contribution in [3.8, 4) is 0 Å². The molecule has 4 nitrogen and oxygen atoms in total. The zero-order valence-corrected chi connectivity index (χ0v) is 19.2. The van der Waals surface area contributed by atoms with Crippen LogP contribution in [0.5, 0.6) is 0 Å². The first kappa shape index (κ1) is 21.9. The van der Waals surface area contributed by atoms with Crippen molar-refractivity contribution in [2.45, 2.75) is 12.1 Å². The van der Waals surface area contributed by atoms with Crippen LogP contribution in [0.2, 0.25) is 0 Å². The molecule has 1 aliphatic heterocycles. The Morgan fingerprint density at radius 2 is 1.48 bits per heavy atom. The van der Waals surface area contributed by atoms with Crippen molar-refractivity contribution in [3.05, 3.63) is 100 Å². The molecule has 0 N–H and O–H groups in total. The summed E-state index contributed by atoms with van der Waals surface area (Å²) in [6.45, 7) is 0.863. The predicted molar refractivity (Wildman–Crippen MR) is 121 cm³/mol. The third-order valence-corrected chi connectivity index (χ3v) is 7.10. The summed E-state index contributed by atoms with van der Waals surface area (Å²) >= 11 is 3.46. The van der Waals surface area contributed by atoms with E-state index in [4.69, 9.17) is 0 Å². The van der Waals surface area contributed by atoms with E-state index >= 15 is 0 Å². The highest BCUT2D eigenvalue weighted by molar-refractivity contribution is 9.10. The fourth-order valence-electron chi connectivity index (χ4n) is 4.08. The van der Waals surface area contributed by atoms with Gasteiger partial charge in [0.2, 0.25) is 10.0 Å². The van der Waals surface area contributed by atoms with Crippen LogP contribution >= 0.6 is 15.9 Å². The van der Waals surface area contributed by atoms with Gasteiger partial charge in [0.15, 0.2) is 0 Å². The quantitative estimate of drug-likeness (QED) is 0.474. The molecule has 0 radical (unpaired) electrons. The third-order valence-electron chi connectivity index (χ3n) is 5.35. The van der Waals surface area contributed by atoms with E-state index in [-0.39, 0.29) is 11.7 Å². The number of hydrogen-bond donors (Lipinski definition) is 0. The van der Waals surface area contributed by atoms with Crippen LogP contribution < -0.4 is 4.31 Å². The summed E-state index contributed by atoms with van der Waals surface area (Å²) in [5.41, 5.74) is 2.17. The Kier molecular flexibility index (Phi) is 6.14. The normalized spacial score (nSPS) is 16.0. The molecule has 3 aromatic carbocycles. The highest BCUT2D eigenvalue weighted by Crippen LogP contribution is 2.36. The van der Waals surface area contributed by atoms with Crippen LogP contribution in [-0.2, 0) is 10.0 Å². The Morgan fingerprint density at radius 3 is 2.03 bits per heavy atom. The molecule has 0 spiro atoms. The fraction of sp³-hybridized carbons (Fsp3) is 0.217. The molecule has 1 aliphatic rings. The number of anilines is 1. The summed E-state index contributed by atoms with van der Waals surface area (Å²) in [7, 11) is -3.73. The minimum atomic E-state index is -3.73. The van der Waals surface area contributed by atoms with Gasteiger partial charge >= 0.3 is 0 Å². The molecule has 0 saturated carbocycles. The number of rotatable bonds is 6. The standard InChI is InChI=1S/C23H21BrF2N2O2S/c1-31(29,30)28(21-12-19(25)11-20(26)13-21)22-14-27(15-22)23(16-5-3-2-4-6-16)17-7-9-18(24)10-8-17/h2-13,22-23H,14-15H2,1H3. The maximum atomic E-state index is 13.8. The van der Waals surface area contributed by atoms with Gasteiger partial charge in [0.1, 0.15) is 11.6 Å². The van der Waals surface area contributed by atoms with Gasteiger partial charge in [-0.25, -0.2) is 17.2 Å². The van der Waals surface area contributed by atoms with Gasteiger partial charge in [-0.05, 0) is 35.4 Å². The van der Waals surface area contributed by atoms with Gasteiger partial charge in [-0.1, -0.05) is 58.4 Å². The molecule has 0 bridgehead atoms. The number of halogens is 3. The Hall–Kier alpha value is -2.29. The number of sulfonamides is 1. The molecule has 1 saturated heterocycles. The fourth-order valence-corrected chi connectivity index (χ4v) is 5.51. The van der Waals surface area contributed by atoms with E-state index in [1.165, 1.54) is 0 Å². The van der Waals surface area contributed by atoms with E-state index in [0.717, 1.165) is 44.4 Å². The molecule has 162 valence electrons. The molecule has 1 heterocycles. The summed E-state index contributed by atoms with van der Waals surface area (Å²) < 4.78 is 54.6. The van der Waals surface area contributed by atoms with Crippen LogP contribution in [0.25, 0.3) is 0 Å². The zero-order valence-electron chi connectivity index (χ0n) is 16.8. The monoisotopic (exact) mass is 506 g/mol. The highest BCUT2D eigenvalue weighted by Gasteiger charge is 2.40. The lowest BCUT2D eigenvalue weighted by molar-refractivity contribution is 0.116. The molecular weight excluding hydrogens is 486 g/mol. The maximum absolute atomic E-state index is 13.8. The Bertz CT molecular complexity index is 1150. The summed E-state index contributed by atoms with van der Waals surface area (Å²) in [5, 5.41) is 0. The van der Waals surface area contributed by atoms with Gasteiger partial charge in [-0.3, -0.25) is 9.21 Å². The van der Waals surface area contributed by atoms with E-state index in [0.29, 0.717) is 13.1 Å². The van der Waals surface area contributed by atoms with Crippen molar-refractivity contribution in [2.75, 3.05) is 23.7 Å². The Labute approximate surface area is 189 Å². The Morgan fingerprint density at radius 1 is 0.935 bits per heavy atom. The third kappa shape index (κ3) is 4.81. The first-order valence-corrected chi connectivity index (χ1v) is 12.4. The van der Waals surface area contributed by atoms with Crippen molar-refractivity contribution >= 4 is 31.6 Å². The van der Waals surface area contributed by atoms with E-state index < -0.39 is 27.7 Å². The lowest BCUT2D eigenvalue weighted by Crippen LogP contribution is -2.61. The average Bonchev–Trinajstić information content (AvgIpc) is 2.66. The number of benzene rings is 3. The van der Waals surface area contributed by atoms with Crippen molar-refractivity contribution < 1.29 is 17.2 Å². The minimum absolute atomic E-state index is 0.00422. The summed E-state index contributed by atoms with van der Waals surface area (Å²) in [5.74, 6) is -1.62. The van der Waals surface area contributed by atoms with Crippen LogP contribution in [-0.4, -0.2) is 38.7 Å². The highest BCUT2D eigenvalue weighted by atomic mass is 79.9. The van der Waals surface area contributed by atoms with E-state index in [9.17, 15) is 17.2 Å². The maximum Gasteiger partial charge on any atom is 0.232 e. The molecule has 1 fully saturated rings. The van der Waals surface area contributed by atoms with Gasteiger partial charge in [-0.2, -0.15) is 0 Å². The van der Waals surface area contributed by atoms with Crippen LogP contribution in [0.3, 0.4) is 0 Å². The van der Waals surface area contributed by atoms with Crippen LogP contribution in [0.4, 0.5) is 14.5 Å². The smallest absolute Gasteiger partial charge is 0.232 e. The molecule has 1 atom stereocenters. The first-order chi connectivity index (χ1) is 14.7. The molecule has 0 amide bonds. The molecule has 3 aromatic rings. The van der Waals surface area contributed by atoms with Gasteiger partial charge in [0, 0.05) is 23.6 Å². The molecular formula is C23H21BrF2N2O2S. The van der Waals surface area contributed by atoms with Crippen LogP contribution in [0.1, 0.15) is 17.2 Å². The second-order valence-electron chi connectivity index (χ2n) is 7.66. The van der Waals surface area contributed by atoms with Crippen molar-refractivity contribution in [1.29, 1.82) is 0 Å². The van der Waals surface area contributed by atoms with E-state index in [1.807, 2.05) is 54.6 Å². The largest absolute Gasteiger partial charge is 0.288 e.